The maximum absolute atomic E-state index is 13.1. The van der Waals surface area contributed by atoms with Gasteiger partial charge in [-0.2, -0.15) is 0 Å². The standard InChI is InChI=1S/C14H20FNO3S/c1-3-11(2)20(17,18)14-6-4-13(5-7-14)19-10-12(15)8-9-16/h4-8,11H,3,9-10,16H2,1-2H3/b12-8-. The largest absolute Gasteiger partial charge is 0.487 e. The van der Waals surface area contributed by atoms with E-state index in [9.17, 15) is 12.8 Å². The van der Waals surface area contributed by atoms with Crippen LogP contribution in [0, 0.1) is 0 Å². The molecule has 0 heterocycles. The Hall–Kier alpha value is -1.40. The van der Waals surface area contributed by atoms with Crippen molar-refractivity contribution in [2.45, 2.75) is 30.4 Å². The van der Waals surface area contributed by atoms with Gasteiger partial charge in [0.1, 0.15) is 18.2 Å². The minimum Gasteiger partial charge on any atom is -0.487 e. The van der Waals surface area contributed by atoms with E-state index in [1.54, 1.807) is 6.92 Å². The van der Waals surface area contributed by atoms with E-state index in [-0.39, 0.29) is 18.0 Å². The number of hydrogen-bond acceptors (Lipinski definition) is 4. The molecule has 0 fully saturated rings. The van der Waals surface area contributed by atoms with Crippen LogP contribution in [0.2, 0.25) is 0 Å². The molecule has 6 heteroatoms. The number of ether oxygens (including phenoxy) is 1. The highest BCUT2D eigenvalue weighted by Crippen LogP contribution is 2.21. The number of benzene rings is 1. The average Bonchev–Trinajstić information content (AvgIpc) is 2.45. The predicted molar refractivity (Wildman–Crippen MR) is 77.1 cm³/mol. The monoisotopic (exact) mass is 301 g/mol. The van der Waals surface area contributed by atoms with Gasteiger partial charge in [0.2, 0.25) is 0 Å². The van der Waals surface area contributed by atoms with Crippen LogP contribution in [0.1, 0.15) is 20.3 Å². The van der Waals surface area contributed by atoms with Crippen LogP contribution in [0.5, 0.6) is 5.75 Å². The summed E-state index contributed by atoms with van der Waals surface area (Å²) in [5, 5.41) is -0.431. The first kappa shape index (κ1) is 16.7. The maximum Gasteiger partial charge on any atom is 0.180 e. The lowest BCUT2D eigenvalue weighted by Crippen LogP contribution is -2.16. The third kappa shape index (κ3) is 4.31. The summed E-state index contributed by atoms with van der Waals surface area (Å²) in [6.07, 6.45) is 1.78. The molecule has 0 saturated carbocycles. The first-order valence-electron chi connectivity index (χ1n) is 6.43. The molecule has 112 valence electrons. The van der Waals surface area contributed by atoms with E-state index in [0.717, 1.165) is 0 Å². The van der Waals surface area contributed by atoms with Gasteiger partial charge in [0.25, 0.3) is 0 Å². The molecule has 0 radical (unpaired) electrons. The van der Waals surface area contributed by atoms with Gasteiger partial charge in [0.15, 0.2) is 9.84 Å². The topological polar surface area (TPSA) is 69.4 Å². The molecule has 1 unspecified atom stereocenters. The molecule has 0 aliphatic heterocycles. The second kappa shape index (κ2) is 7.40. The van der Waals surface area contributed by atoms with Crippen molar-refractivity contribution in [3.05, 3.63) is 36.2 Å². The second-order valence-corrected chi connectivity index (χ2v) is 6.78. The smallest absolute Gasteiger partial charge is 0.180 e. The van der Waals surface area contributed by atoms with Gasteiger partial charge in [-0.1, -0.05) is 6.92 Å². The summed E-state index contributed by atoms with van der Waals surface area (Å²) in [5.74, 6) is -0.0440. The minimum atomic E-state index is -3.30. The van der Waals surface area contributed by atoms with Crippen LogP contribution >= 0.6 is 0 Å². The molecule has 0 saturated heterocycles. The fraction of sp³-hybridized carbons (Fsp3) is 0.429. The molecule has 1 atom stereocenters. The van der Waals surface area contributed by atoms with E-state index in [0.29, 0.717) is 12.2 Å². The Bertz CT molecular complexity index is 552. The van der Waals surface area contributed by atoms with E-state index in [2.05, 4.69) is 0 Å². The third-order valence-electron chi connectivity index (χ3n) is 2.97. The summed E-state index contributed by atoms with van der Waals surface area (Å²) in [5.41, 5.74) is 5.17. The lowest BCUT2D eigenvalue weighted by atomic mass is 10.3. The van der Waals surface area contributed by atoms with E-state index in [1.807, 2.05) is 6.92 Å². The third-order valence-corrected chi connectivity index (χ3v) is 5.29. The van der Waals surface area contributed by atoms with Gasteiger partial charge >= 0.3 is 0 Å². The van der Waals surface area contributed by atoms with Gasteiger partial charge < -0.3 is 10.5 Å². The Labute approximate surface area is 119 Å². The van der Waals surface area contributed by atoms with Crippen molar-refractivity contribution in [2.24, 2.45) is 5.73 Å². The highest BCUT2D eigenvalue weighted by atomic mass is 32.2. The van der Waals surface area contributed by atoms with Crippen molar-refractivity contribution in [2.75, 3.05) is 13.2 Å². The molecule has 20 heavy (non-hydrogen) atoms. The second-order valence-electron chi connectivity index (χ2n) is 4.41. The van der Waals surface area contributed by atoms with Gasteiger partial charge in [-0.15, -0.1) is 0 Å². The molecule has 0 bridgehead atoms. The summed E-state index contributed by atoms with van der Waals surface area (Å²) in [6, 6.07) is 5.98. The van der Waals surface area contributed by atoms with Crippen molar-refractivity contribution in [3.63, 3.8) is 0 Å². The lowest BCUT2D eigenvalue weighted by molar-refractivity contribution is 0.318. The Morgan fingerprint density at radius 2 is 2.00 bits per heavy atom. The van der Waals surface area contributed by atoms with E-state index < -0.39 is 20.9 Å². The van der Waals surface area contributed by atoms with E-state index in [4.69, 9.17) is 10.5 Å². The highest BCUT2D eigenvalue weighted by molar-refractivity contribution is 7.92. The van der Waals surface area contributed by atoms with Gasteiger partial charge in [-0.25, -0.2) is 12.8 Å². The Kier molecular flexibility index (Phi) is 6.16. The number of nitrogens with two attached hydrogens (primary N) is 1. The van der Waals surface area contributed by atoms with E-state index >= 15 is 0 Å². The molecular formula is C14H20FNO3S. The first-order chi connectivity index (χ1) is 9.41. The van der Waals surface area contributed by atoms with Crippen LogP contribution in [0.25, 0.3) is 0 Å². The molecule has 1 rings (SSSR count). The van der Waals surface area contributed by atoms with Crippen LogP contribution in [-0.2, 0) is 9.84 Å². The van der Waals surface area contributed by atoms with Gasteiger partial charge in [-0.05, 0) is 43.7 Å². The Balaban J connectivity index is 2.77. The fourth-order valence-electron chi connectivity index (χ4n) is 1.52. The molecule has 1 aromatic carbocycles. The summed E-state index contributed by atoms with van der Waals surface area (Å²) in [6.45, 7) is 3.40. The van der Waals surface area contributed by atoms with Gasteiger partial charge in [0.05, 0.1) is 10.1 Å². The molecule has 2 N–H and O–H groups in total. The normalized spacial score (nSPS) is 14.1. The zero-order chi connectivity index (χ0) is 15.2. The number of halogens is 1. The highest BCUT2D eigenvalue weighted by Gasteiger charge is 2.21. The van der Waals surface area contributed by atoms with Crippen molar-refractivity contribution in [1.82, 2.24) is 0 Å². The van der Waals surface area contributed by atoms with Crippen LogP contribution in [0.4, 0.5) is 4.39 Å². The summed E-state index contributed by atoms with van der Waals surface area (Å²) in [4.78, 5) is 0.247. The Morgan fingerprint density at radius 3 is 2.50 bits per heavy atom. The molecule has 0 aliphatic rings. The van der Waals surface area contributed by atoms with Crippen molar-refractivity contribution < 1.29 is 17.5 Å². The van der Waals surface area contributed by atoms with Crippen LogP contribution in [0.3, 0.4) is 0 Å². The quantitative estimate of drug-likeness (QED) is 0.840. The summed E-state index contributed by atoms with van der Waals surface area (Å²) >= 11 is 0. The first-order valence-corrected chi connectivity index (χ1v) is 7.97. The van der Waals surface area contributed by atoms with Crippen molar-refractivity contribution >= 4 is 9.84 Å². The molecule has 1 aromatic rings. The zero-order valence-corrected chi connectivity index (χ0v) is 12.5. The van der Waals surface area contributed by atoms with E-state index in [1.165, 1.54) is 30.3 Å². The zero-order valence-electron chi connectivity index (χ0n) is 11.7. The number of rotatable bonds is 7. The SMILES string of the molecule is CCC(C)S(=O)(=O)c1ccc(OC/C(F)=C/CN)cc1. The molecule has 0 aliphatic carbocycles. The average molecular weight is 301 g/mol. The Morgan fingerprint density at radius 1 is 1.40 bits per heavy atom. The van der Waals surface area contributed by atoms with Crippen LogP contribution < -0.4 is 10.5 Å². The van der Waals surface area contributed by atoms with Crippen LogP contribution in [0.15, 0.2) is 41.1 Å². The number of sulfone groups is 1. The number of hydrogen-bond donors (Lipinski definition) is 1. The molecular weight excluding hydrogens is 281 g/mol. The summed E-state index contributed by atoms with van der Waals surface area (Å²) in [7, 11) is -3.30. The fourth-order valence-corrected chi connectivity index (χ4v) is 2.94. The van der Waals surface area contributed by atoms with Crippen LogP contribution in [-0.4, -0.2) is 26.8 Å². The molecule has 0 spiro atoms. The maximum atomic E-state index is 13.1. The van der Waals surface area contributed by atoms with Crippen molar-refractivity contribution in [3.8, 4) is 5.75 Å². The van der Waals surface area contributed by atoms with Crippen molar-refractivity contribution in [1.29, 1.82) is 0 Å². The lowest BCUT2D eigenvalue weighted by Gasteiger charge is -2.11. The molecule has 4 nitrogen and oxygen atoms in total. The molecule has 0 aromatic heterocycles. The summed E-state index contributed by atoms with van der Waals surface area (Å²) < 4.78 is 42.5. The van der Waals surface area contributed by atoms with Gasteiger partial charge in [0, 0.05) is 6.54 Å². The van der Waals surface area contributed by atoms with Gasteiger partial charge in [-0.3, -0.25) is 0 Å². The molecule has 0 amide bonds. The predicted octanol–water partition coefficient (Wildman–Crippen LogP) is 2.45. The minimum absolute atomic E-state index is 0.112.